The molecule has 0 unspecified atom stereocenters. The van der Waals surface area contributed by atoms with Crippen molar-refractivity contribution in [1.29, 1.82) is 0 Å². The first-order valence-electron chi connectivity index (χ1n) is 6.57. The van der Waals surface area contributed by atoms with Gasteiger partial charge in [-0.1, -0.05) is 0 Å². The van der Waals surface area contributed by atoms with Crippen molar-refractivity contribution >= 4 is 27.3 Å². The molecule has 2 aliphatic rings. The van der Waals surface area contributed by atoms with Crippen molar-refractivity contribution in [2.75, 3.05) is 24.5 Å². The van der Waals surface area contributed by atoms with Crippen LogP contribution in [0.25, 0.3) is 0 Å². The molecule has 0 aromatic heterocycles. The van der Waals surface area contributed by atoms with Gasteiger partial charge in [-0.2, -0.15) is 0 Å². The maximum atomic E-state index is 10.8. The quantitative estimate of drug-likeness (QED) is 0.670. The van der Waals surface area contributed by atoms with Crippen molar-refractivity contribution in [2.45, 2.75) is 18.9 Å². The van der Waals surface area contributed by atoms with Gasteiger partial charge in [0.15, 0.2) is 0 Å². The summed E-state index contributed by atoms with van der Waals surface area (Å²) in [5.74, 6) is 0.704. The van der Waals surface area contributed by atoms with Crippen LogP contribution in [0.3, 0.4) is 0 Å². The van der Waals surface area contributed by atoms with Crippen LogP contribution in [-0.4, -0.2) is 30.6 Å². The normalized spacial score (nSPS) is 26.3. The number of nitro groups is 1. The van der Waals surface area contributed by atoms with Gasteiger partial charge >= 0.3 is 0 Å². The lowest BCUT2D eigenvalue weighted by molar-refractivity contribution is -0.384. The van der Waals surface area contributed by atoms with Gasteiger partial charge in [-0.25, -0.2) is 0 Å². The highest BCUT2D eigenvalue weighted by Crippen LogP contribution is 2.35. The van der Waals surface area contributed by atoms with Gasteiger partial charge in [-0.15, -0.1) is 0 Å². The zero-order valence-corrected chi connectivity index (χ0v) is 12.1. The average Bonchev–Trinajstić information content (AvgIpc) is 2.81. The molecule has 102 valence electrons. The maximum absolute atomic E-state index is 10.8. The zero-order valence-electron chi connectivity index (χ0n) is 10.5. The number of piperidine rings is 1. The van der Waals surface area contributed by atoms with E-state index in [0.717, 1.165) is 29.8 Å². The second kappa shape index (κ2) is 5.09. The van der Waals surface area contributed by atoms with Crippen molar-refractivity contribution in [3.63, 3.8) is 0 Å². The minimum atomic E-state index is -0.361. The van der Waals surface area contributed by atoms with E-state index in [-0.39, 0.29) is 10.6 Å². The number of nitrogens with zero attached hydrogens (tertiary/aromatic N) is 2. The Labute approximate surface area is 120 Å². The molecule has 0 saturated carbocycles. The smallest absolute Gasteiger partial charge is 0.270 e. The summed E-state index contributed by atoms with van der Waals surface area (Å²) >= 11 is 3.46. The van der Waals surface area contributed by atoms with E-state index in [9.17, 15) is 10.1 Å². The van der Waals surface area contributed by atoms with Gasteiger partial charge in [0.1, 0.15) is 0 Å². The lowest BCUT2D eigenvalue weighted by atomic mass is 9.94. The maximum Gasteiger partial charge on any atom is 0.270 e. The zero-order chi connectivity index (χ0) is 13.4. The van der Waals surface area contributed by atoms with Crippen LogP contribution >= 0.6 is 15.9 Å². The molecule has 2 saturated heterocycles. The third-order valence-electron chi connectivity index (χ3n) is 4.08. The minimum absolute atomic E-state index is 0.130. The van der Waals surface area contributed by atoms with Crippen LogP contribution in [0.5, 0.6) is 0 Å². The van der Waals surface area contributed by atoms with Crippen LogP contribution < -0.4 is 10.2 Å². The Bertz CT molecular complexity index is 495. The molecule has 1 aromatic carbocycles. The van der Waals surface area contributed by atoms with Gasteiger partial charge < -0.3 is 10.2 Å². The number of anilines is 1. The van der Waals surface area contributed by atoms with Gasteiger partial charge in [0, 0.05) is 35.7 Å². The number of halogens is 1. The number of fused-ring (bicyclic) bond motifs is 1. The lowest BCUT2D eigenvalue weighted by Crippen LogP contribution is -2.40. The molecular weight excluding hydrogens is 310 g/mol. The fourth-order valence-corrected chi connectivity index (χ4v) is 3.73. The van der Waals surface area contributed by atoms with Crippen molar-refractivity contribution in [2.24, 2.45) is 5.92 Å². The second-order valence-corrected chi connectivity index (χ2v) is 6.12. The SMILES string of the molecule is O=[N+]([O-])c1ccc(N2C[C@@H]3CCCN[C@@H]3C2)c(Br)c1. The first-order valence-corrected chi connectivity index (χ1v) is 7.37. The Morgan fingerprint density at radius 1 is 1.42 bits per heavy atom. The van der Waals surface area contributed by atoms with E-state index in [2.05, 4.69) is 26.1 Å². The molecule has 2 aliphatic heterocycles. The number of nitrogens with one attached hydrogen (secondary N) is 1. The molecule has 19 heavy (non-hydrogen) atoms. The van der Waals surface area contributed by atoms with Gasteiger partial charge in [-0.05, 0) is 47.3 Å². The molecule has 2 fully saturated rings. The number of rotatable bonds is 2. The summed E-state index contributed by atoms with van der Waals surface area (Å²) in [5, 5.41) is 14.3. The van der Waals surface area contributed by atoms with Gasteiger partial charge in [0.25, 0.3) is 5.69 Å². The van der Waals surface area contributed by atoms with E-state index in [1.54, 1.807) is 12.1 Å². The predicted molar refractivity (Wildman–Crippen MR) is 77.5 cm³/mol. The van der Waals surface area contributed by atoms with E-state index < -0.39 is 0 Å². The summed E-state index contributed by atoms with van der Waals surface area (Å²) in [5.41, 5.74) is 1.19. The summed E-state index contributed by atoms with van der Waals surface area (Å²) in [6.07, 6.45) is 2.52. The molecule has 0 spiro atoms. The van der Waals surface area contributed by atoms with Crippen molar-refractivity contribution in [3.8, 4) is 0 Å². The molecule has 1 N–H and O–H groups in total. The number of nitro benzene ring substituents is 1. The molecule has 2 heterocycles. The Kier molecular flexibility index (Phi) is 3.45. The van der Waals surface area contributed by atoms with Crippen LogP contribution in [0.15, 0.2) is 22.7 Å². The van der Waals surface area contributed by atoms with E-state index in [4.69, 9.17) is 0 Å². The van der Waals surface area contributed by atoms with Crippen LogP contribution in [0.2, 0.25) is 0 Å². The van der Waals surface area contributed by atoms with E-state index >= 15 is 0 Å². The Morgan fingerprint density at radius 2 is 2.26 bits per heavy atom. The highest BCUT2D eigenvalue weighted by molar-refractivity contribution is 9.10. The molecular formula is C13H16BrN3O2. The Hall–Kier alpha value is -1.14. The highest BCUT2D eigenvalue weighted by atomic mass is 79.9. The standard InChI is InChI=1S/C13H16BrN3O2/c14-11-6-10(17(18)19)3-4-13(11)16-7-9-2-1-5-15-12(9)8-16/h3-4,6,9,12,15H,1-2,5,7-8H2/t9-,12+/m0/s1. The molecule has 0 aliphatic carbocycles. The first kappa shape index (κ1) is 12.9. The topological polar surface area (TPSA) is 58.4 Å². The van der Waals surface area contributed by atoms with E-state index in [0.29, 0.717) is 12.0 Å². The van der Waals surface area contributed by atoms with Gasteiger partial charge in [0.05, 0.1) is 10.6 Å². The van der Waals surface area contributed by atoms with Gasteiger partial charge in [-0.3, -0.25) is 10.1 Å². The summed E-state index contributed by atoms with van der Waals surface area (Å²) in [7, 11) is 0. The van der Waals surface area contributed by atoms with Crippen LogP contribution in [0, 0.1) is 16.0 Å². The minimum Gasteiger partial charge on any atom is -0.369 e. The largest absolute Gasteiger partial charge is 0.369 e. The molecule has 6 heteroatoms. The lowest BCUT2D eigenvalue weighted by Gasteiger charge is -2.24. The van der Waals surface area contributed by atoms with Crippen molar-refractivity contribution in [3.05, 3.63) is 32.8 Å². The van der Waals surface area contributed by atoms with E-state index in [1.807, 2.05) is 6.07 Å². The van der Waals surface area contributed by atoms with Gasteiger partial charge in [0.2, 0.25) is 0 Å². The molecule has 3 rings (SSSR count). The van der Waals surface area contributed by atoms with Crippen LogP contribution in [0.1, 0.15) is 12.8 Å². The predicted octanol–water partition coefficient (Wildman–Crippen LogP) is 2.55. The number of hydrogen-bond donors (Lipinski definition) is 1. The Balaban J connectivity index is 1.81. The van der Waals surface area contributed by atoms with Crippen LogP contribution in [0.4, 0.5) is 11.4 Å². The fourth-order valence-electron chi connectivity index (χ4n) is 3.11. The third-order valence-corrected chi connectivity index (χ3v) is 4.72. The summed E-state index contributed by atoms with van der Waals surface area (Å²) in [6.45, 7) is 3.13. The average molecular weight is 326 g/mol. The summed E-state index contributed by atoms with van der Waals surface area (Å²) in [6, 6.07) is 5.58. The fraction of sp³-hybridized carbons (Fsp3) is 0.538. The number of hydrogen-bond acceptors (Lipinski definition) is 4. The molecule has 1 aromatic rings. The highest BCUT2D eigenvalue weighted by Gasteiger charge is 2.34. The molecule has 0 amide bonds. The molecule has 5 nitrogen and oxygen atoms in total. The molecule has 0 radical (unpaired) electrons. The molecule has 0 bridgehead atoms. The first-order chi connectivity index (χ1) is 9.15. The molecule has 2 atom stereocenters. The van der Waals surface area contributed by atoms with Crippen LogP contribution in [-0.2, 0) is 0 Å². The number of non-ortho nitro benzene ring substituents is 1. The summed E-state index contributed by atoms with van der Waals surface area (Å²) in [4.78, 5) is 12.7. The van der Waals surface area contributed by atoms with E-state index in [1.165, 1.54) is 12.8 Å². The Morgan fingerprint density at radius 3 is 2.95 bits per heavy atom. The third kappa shape index (κ3) is 2.47. The number of benzene rings is 1. The van der Waals surface area contributed by atoms with Crippen molar-refractivity contribution < 1.29 is 4.92 Å². The monoisotopic (exact) mass is 325 g/mol. The van der Waals surface area contributed by atoms with Crippen molar-refractivity contribution in [1.82, 2.24) is 5.32 Å². The second-order valence-electron chi connectivity index (χ2n) is 5.26. The summed E-state index contributed by atoms with van der Waals surface area (Å²) < 4.78 is 0.806.